The normalized spacial score (nSPS) is 10.5. The Kier molecular flexibility index (Phi) is 3.50. The van der Waals surface area contributed by atoms with Crippen molar-refractivity contribution < 1.29 is 0 Å². The molecular formula is C12H11Cl2N3. The van der Waals surface area contributed by atoms with E-state index in [0.29, 0.717) is 15.9 Å². The van der Waals surface area contributed by atoms with E-state index >= 15 is 0 Å². The van der Waals surface area contributed by atoms with Crippen LogP contribution in [-0.2, 0) is 6.42 Å². The summed E-state index contributed by atoms with van der Waals surface area (Å²) >= 11 is 11.9. The summed E-state index contributed by atoms with van der Waals surface area (Å²) in [5.74, 6) is 0.503. The van der Waals surface area contributed by atoms with E-state index in [2.05, 4.69) is 9.97 Å². The van der Waals surface area contributed by atoms with Crippen molar-refractivity contribution in [2.75, 3.05) is 5.73 Å². The third-order valence-corrected chi connectivity index (χ3v) is 3.26. The number of nitrogens with zero attached hydrogens (tertiary/aromatic N) is 2. The van der Waals surface area contributed by atoms with E-state index in [4.69, 9.17) is 28.9 Å². The quantitative estimate of drug-likeness (QED) is 0.905. The summed E-state index contributed by atoms with van der Waals surface area (Å²) in [4.78, 5) is 8.24. The number of benzene rings is 1. The Labute approximate surface area is 110 Å². The first-order chi connectivity index (χ1) is 8.13. The molecule has 1 aromatic carbocycles. The van der Waals surface area contributed by atoms with Gasteiger partial charge in [-0.1, -0.05) is 36.2 Å². The summed E-state index contributed by atoms with van der Waals surface area (Å²) in [7, 11) is 0. The van der Waals surface area contributed by atoms with Crippen molar-refractivity contribution in [1.29, 1.82) is 0 Å². The molecule has 1 heterocycles. The molecule has 0 unspecified atom stereocenters. The van der Waals surface area contributed by atoms with Gasteiger partial charge in [-0.25, -0.2) is 9.97 Å². The van der Waals surface area contributed by atoms with Crippen LogP contribution in [0.4, 0.5) is 5.82 Å². The number of aromatic nitrogens is 2. The number of hydrogen-bond donors (Lipinski definition) is 1. The molecule has 0 spiro atoms. The molecule has 2 rings (SSSR count). The highest BCUT2D eigenvalue weighted by Crippen LogP contribution is 2.30. The molecule has 2 N–H and O–H groups in total. The van der Waals surface area contributed by atoms with E-state index in [9.17, 15) is 0 Å². The lowest BCUT2D eigenvalue weighted by Gasteiger charge is -2.09. The predicted molar refractivity (Wildman–Crippen MR) is 71.3 cm³/mol. The van der Waals surface area contributed by atoms with Crippen LogP contribution in [0, 0.1) is 0 Å². The van der Waals surface area contributed by atoms with Gasteiger partial charge in [0.05, 0.1) is 15.7 Å². The fourth-order valence-corrected chi connectivity index (χ4v) is 1.96. The van der Waals surface area contributed by atoms with Crippen LogP contribution in [0.25, 0.3) is 11.3 Å². The SMILES string of the molecule is CCc1c(N)ncnc1-c1ccc(Cl)c(Cl)c1. The highest BCUT2D eigenvalue weighted by molar-refractivity contribution is 6.42. The van der Waals surface area contributed by atoms with Gasteiger partial charge in [0.1, 0.15) is 12.1 Å². The van der Waals surface area contributed by atoms with Gasteiger partial charge in [0.15, 0.2) is 0 Å². The second-order valence-electron chi connectivity index (χ2n) is 3.57. The van der Waals surface area contributed by atoms with Crippen LogP contribution in [0.5, 0.6) is 0 Å². The van der Waals surface area contributed by atoms with E-state index < -0.39 is 0 Å². The maximum absolute atomic E-state index is 5.99. The lowest BCUT2D eigenvalue weighted by Crippen LogP contribution is -2.01. The molecule has 0 amide bonds. The molecule has 0 saturated carbocycles. The summed E-state index contributed by atoms with van der Waals surface area (Å²) in [6.45, 7) is 2.01. The average Bonchev–Trinajstić information content (AvgIpc) is 2.32. The van der Waals surface area contributed by atoms with Gasteiger partial charge < -0.3 is 5.73 Å². The standard InChI is InChI=1S/C12H11Cl2N3/c1-2-8-11(16-6-17-12(8)15)7-3-4-9(13)10(14)5-7/h3-6H,2H2,1H3,(H2,15,16,17). The van der Waals surface area contributed by atoms with E-state index in [-0.39, 0.29) is 0 Å². The minimum Gasteiger partial charge on any atom is -0.383 e. The Hall–Kier alpha value is -1.32. The van der Waals surface area contributed by atoms with Crippen molar-refractivity contribution in [2.24, 2.45) is 0 Å². The van der Waals surface area contributed by atoms with Crippen LogP contribution >= 0.6 is 23.2 Å². The Bertz CT molecular complexity index is 555. The number of hydrogen-bond acceptors (Lipinski definition) is 3. The Balaban J connectivity index is 2.60. The first-order valence-corrected chi connectivity index (χ1v) is 5.93. The maximum Gasteiger partial charge on any atom is 0.130 e. The van der Waals surface area contributed by atoms with Crippen molar-refractivity contribution in [1.82, 2.24) is 9.97 Å². The third kappa shape index (κ3) is 2.35. The minimum absolute atomic E-state index is 0.503. The molecule has 0 fully saturated rings. The Morgan fingerprint density at radius 1 is 1.18 bits per heavy atom. The second-order valence-corrected chi connectivity index (χ2v) is 4.38. The summed E-state index contributed by atoms with van der Waals surface area (Å²) in [5.41, 5.74) is 8.45. The molecule has 0 bridgehead atoms. The molecule has 1 aromatic heterocycles. The fourth-order valence-electron chi connectivity index (χ4n) is 1.67. The first kappa shape index (κ1) is 12.1. The van der Waals surface area contributed by atoms with Gasteiger partial charge in [-0.15, -0.1) is 0 Å². The van der Waals surface area contributed by atoms with Crippen molar-refractivity contribution >= 4 is 29.0 Å². The van der Waals surface area contributed by atoms with Crippen LogP contribution in [0.15, 0.2) is 24.5 Å². The van der Waals surface area contributed by atoms with E-state index in [0.717, 1.165) is 23.2 Å². The smallest absolute Gasteiger partial charge is 0.130 e. The number of anilines is 1. The lowest BCUT2D eigenvalue weighted by molar-refractivity contribution is 1.06. The van der Waals surface area contributed by atoms with E-state index in [1.807, 2.05) is 13.0 Å². The zero-order chi connectivity index (χ0) is 12.4. The maximum atomic E-state index is 5.99. The largest absolute Gasteiger partial charge is 0.383 e. The van der Waals surface area contributed by atoms with Crippen LogP contribution < -0.4 is 5.73 Å². The second kappa shape index (κ2) is 4.90. The van der Waals surface area contributed by atoms with Gasteiger partial charge >= 0.3 is 0 Å². The molecule has 5 heteroatoms. The fraction of sp³-hybridized carbons (Fsp3) is 0.167. The van der Waals surface area contributed by atoms with Crippen molar-refractivity contribution in [3.05, 3.63) is 40.1 Å². The van der Waals surface area contributed by atoms with Gasteiger partial charge in [0.25, 0.3) is 0 Å². The highest BCUT2D eigenvalue weighted by atomic mass is 35.5. The Morgan fingerprint density at radius 3 is 2.59 bits per heavy atom. The molecule has 3 nitrogen and oxygen atoms in total. The van der Waals surface area contributed by atoms with Crippen molar-refractivity contribution in [2.45, 2.75) is 13.3 Å². The number of nitrogens with two attached hydrogens (primary N) is 1. The van der Waals surface area contributed by atoms with Gasteiger partial charge in [0, 0.05) is 11.1 Å². The van der Waals surface area contributed by atoms with Crippen LogP contribution in [0.2, 0.25) is 10.0 Å². The van der Waals surface area contributed by atoms with E-state index in [1.54, 1.807) is 12.1 Å². The summed E-state index contributed by atoms with van der Waals surface area (Å²) < 4.78 is 0. The molecule has 0 saturated heterocycles. The van der Waals surface area contributed by atoms with Gasteiger partial charge in [0.2, 0.25) is 0 Å². The number of halogens is 2. The van der Waals surface area contributed by atoms with Crippen LogP contribution in [0.3, 0.4) is 0 Å². The number of rotatable bonds is 2. The van der Waals surface area contributed by atoms with Crippen LogP contribution in [0.1, 0.15) is 12.5 Å². The monoisotopic (exact) mass is 267 g/mol. The average molecular weight is 268 g/mol. The third-order valence-electron chi connectivity index (χ3n) is 2.53. The highest BCUT2D eigenvalue weighted by Gasteiger charge is 2.10. The summed E-state index contributed by atoms with van der Waals surface area (Å²) in [6, 6.07) is 5.40. The topological polar surface area (TPSA) is 51.8 Å². The van der Waals surface area contributed by atoms with Crippen LogP contribution in [-0.4, -0.2) is 9.97 Å². The predicted octanol–water partition coefficient (Wildman–Crippen LogP) is 3.60. The zero-order valence-corrected chi connectivity index (χ0v) is 10.8. The molecular weight excluding hydrogens is 257 g/mol. The molecule has 0 radical (unpaired) electrons. The molecule has 0 aliphatic rings. The Morgan fingerprint density at radius 2 is 1.94 bits per heavy atom. The van der Waals surface area contributed by atoms with Gasteiger partial charge in [-0.05, 0) is 18.6 Å². The zero-order valence-electron chi connectivity index (χ0n) is 9.24. The summed E-state index contributed by atoms with van der Waals surface area (Å²) in [5, 5.41) is 1.03. The molecule has 17 heavy (non-hydrogen) atoms. The van der Waals surface area contributed by atoms with E-state index in [1.165, 1.54) is 6.33 Å². The van der Waals surface area contributed by atoms with Gasteiger partial charge in [-0.3, -0.25) is 0 Å². The lowest BCUT2D eigenvalue weighted by atomic mass is 10.0. The summed E-state index contributed by atoms with van der Waals surface area (Å²) in [6.07, 6.45) is 2.22. The molecule has 0 atom stereocenters. The molecule has 88 valence electrons. The first-order valence-electron chi connectivity index (χ1n) is 5.18. The van der Waals surface area contributed by atoms with Crippen molar-refractivity contribution in [3.8, 4) is 11.3 Å². The van der Waals surface area contributed by atoms with Crippen molar-refractivity contribution in [3.63, 3.8) is 0 Å². The molecule has 0 aliphatic heterocycles. The molecule has 2 aromatic rings. The minimum atomic E-state index is 0.503. The molecule has 0 aliphatic carbocycles. The van der Waals surface area contributed by atoms with Gasteiger partial charge in [-0.2, -0.15) is 0 Å². The number of nitrogen functional groups attached to an aromatic ring is 1.